The average molecular weight is 275 g/mol. The third-order valence-corrected chi connectivity index (χ3v) is 5.13. The molecule has 1 aromatic rings. The first-order chi connectivity index (χ1) is 9.57. The molecule has 3 heteroatoms. The van der Waals surface area contributed by atoms with Crippen molar-refractivity contribution >= 4 is 0 Å². The summed E-state index contributed by atoms with van der Waals surface area (Å²) in [5.74, 6) is 1.16. The van der Waals surface area contributed by atoms with Gasteiger partial charge < -0.3 is 15.5 Å². The summed E-state index contributed by atoms with van der Waals surface area (Å²) in [5.41, 5.74) is 1.75. The fraction of sp³-hybridized carbons (Fsp3) is 0.647. The molecule has 20 heavy (non-hydrogen) atoms. The third kappa shape index (κ3) is 2.70. The van der Waals surface area contributed by atoms with Gasteiger partial charge in [-0.15, -0.1) is 0 Å². The van der Waals surface area contributed by atoms with Crippen molar-refractivity contribution in [2.45, 2.75) is 57.1 Å². The normalized spacial score (nSPS) is 33.1. The van der Waals surface area contributed by atoms with Gasteiger partial charge in [0.2, 0.25) is 0 Å². The van der Waals surface area contributed by atoms with Crippen molar-refractivity contribution in [3.63, 3.8) is 0 Å². The second-order valence-corrected chi connectivity index (χ2v) is 6.72. The van der Waals surface area contributed by atoms with Crippen LogP contribution in [0.1, 0.15) is 56.2 Å². The molecule has 1 atom stereocenters. The molecule has 0 saturated heterocycles. The minimum absolute atomic E-state index is 0.278. The molecule has 3 nitrogen and oxygen atoms in total. The van der Waals surface area contributed by atoms with Crippen molar-refractivity contribution in [2.24, 2.45) is 5.92 Å². The molecule has 0 aliphatic heterocycles. The van der Waals surface area contributed by atoms with Crippen LogP contribution in [0.5, 0.6) is 5.75 Å². The predicted molar refractivity (Wildman–Crippen MR) is 79.8 cm³/mol. The van der Waals surface area contributed by atoms with Crippen molar-refractivity contribution in [3.05, 3.63) is 29.3 Å². The quantitative estimate of drug-likeness (QED) is 0.795. The minimum Gasteiger partial charge on any atom is -0.508 e. The van der Waals surface area contributed by atoms with E-state index in [1.54, 1.807) is 6.07 Å². The maximum atomic E-state index is 10.6. The van der Waals surface area contributed by atoms with Crippen LogP contribution >= 0.6 is 0 Å². The monoisotopic (exact) mass is 275 g/mol. The van der Waals surface area contributed by atoms with Gasteiger partial charge in [-0.3, -0.25) is 0 Å². The van der Waals surface area contributed by atoms with Crippen LogP contribution in [0.3, 0.4) is 0 Å². The molecule has 110 valence electrons. The summed E-state index contributed by atoms with van der Waals surface area (Å²) < 4.78 is 0. The lowest BCUT2D eigenvalue weighted by Crippen LogP contribution is -2.44. The topological polar surface area (TPSA) is 52.5 Å². The van der Waals surface area contributed by atoms with Gasteiger partial charge in [-0.2, -0.15) is 0 Å². The van der Waals surface area contributed by atoms with E-state index in [1.807, 2.05) is 6.07 Å². The fourth-order valence-electron chi connectivity index (χ4n) is 3.64. The SMILES string of the molecule is CC1CCC(O)(CNC2CCc3c(O)cccc32)CC1. The van der Waals surface area contributed by atoms with Gasteiger partial charge in [-0.1, -0.05) is 19.1 Å². The van der Waals surface area contributed by atoms with Crippen LogP contribution in [-0.4, -0.2) is 22.4 Å². The highest BCUT2D eigenvalue weighted by Crippen LogP contribution is 2.37. The Labute approximate surface area is 121 Å². The minimum atomic E-state index is -0.536. The molecule has 1 saturated carbocycles. The lowest BCUT2D eigenvalue weighted by molar-refractivity contribution is -0.00818. The molecule has 1 unspecified atom stereocenters. The second-order valence-electron chi connectivity index (χ2n) is 6.72. The van der Waals surface area contributed by atoms with Gasteiger partial charge in [0.25, 0.3) is 0 Å². The molecule has 1 fully saturated rings. The summed E-state index contributed by atoms with van der Waals surface area (Å²) in [6.45, 7) is 2.93. The number of hydrogen-bond donors (Lipinski definition) is 3. The molecule has 3 rings (SSSR count). The zero-order chi connectivity index (χ0) is 14.2. The summed E-state index contributed by atoms with van der Waals surface area (Å²) in [7, 11) is 0. The Hall–Kier alpha value is -1.06. The Morgan fingerprint density at radius 3 is 2.75 bits per heavy atom. The summed E-state index contributed by atoms with van der Waals surface area (Å²) in [6, 6.07) is 6.04. The Morgan fingerprint density at radius 1 is 1.25 bits per heavy atom. The van der Waals surface area contributed by atoms with Crippen LogP contribution in [0, 0.1) is 5.92 Å². The molecular formula is C17H25NO2. The highest BCUT2D eigenvalue weighted by Gasteiger charge is 2.33. The fourth-order valence-corrected chi connectivity index (χ4v) is 3.64. The number of hydrogen-bond acceptors (Lipinski definition) is 3. The third-order valence-electron chi connectivity index (χ3n) is 5.13. The molecule has 2 aliphatic rings. The highest BCUT2D eigenvalue weighted by molar-refractivity contribution is 5.44. The Kier molecular flexibility index (Phi) is 3.74. The second kappa shape index (κ2) is 5.38. The first-order valence-electron chi connectivity index (χ1n) is 7.84. The van der Waals surface area contributed by atoms with Crippen molar-refractivity contribution in [2.75, 3.05) is 6.54 Å². The molecule has 0 spiro atoms. The van der Waals surface area contributed by atoms with Crippen LogP contribution in [-0.2, 0) is 6.42 Å². The zero-order valence-electron chi connectivity index (χ0n) is 12.2. The van der Waals surface area contributed by atoms with E-state index in [2.05, 4.69) is 18.3 Å². The van der Waals surface area contributed by atoms with E-state index in [1.165, 1.54) is 5.56 Å². The Morgan fingerprint density at radius 2 is 2.00 bits per heavy atom. The van der Waals surface area contributed by atoms with Gasteiger partial charge in [0.05, 0.1) is 5.60 Å². The largest absolute Gasteiger partial charge is 0.508 e. The standard InChI is InChI=1S/C17H25NO2/c1-12-7-9-17(20,10-8-12)11-18-15-6-5-14-13(15)3-2-4-16(14)19/h2-4,12,15,18-20H,5-11H2,1H3. The number of aliphatic hydroxyl groups is 1. The summed E-state index contributed by atoms with van der Waals surface area (Å²) in [6.07, 6.45) is 6.00. The maximum Gasteiger partial charge on any atom is 0.119 e. The molecular weight excluding hydrogens is 250 g/mol. The average Bonchev–Trinajstić information content (AvgIpc) is 2.85. The number of fused-ring (bicyclic) bond motifs is 1. The summed E-state index contributed by atoms with van der Waals surface area (Å²) in [4.78, 5) is 0. The Balaban J connectivity index is 1.62. The summed E-state index contributed by atoms with van der Waals surface area (Å²) >= 11 is 0. The number of phenols is 1. The number of phenolic OH excluding ortho intramolecular Hbond substituents is 1. The first-order valence-corrected chi connectivity index (χ1v) is 7.84. The number of benzene rings is 1. The van der Waals surface area contributed by atoms with E-state index in [0.29, 0.717) is 12.3 Å². The van der Waals surface area contributed by atoms with E-state index in [-0.39, 0.29) is 6.04 Å². The highest BCUT2D eigenvalue weighted by atomic mass is 16.3. The van der Waals surface area contributed by atoms with E-state index in [4.69, 9.17) is 0 Å². The van der Waals surface area contributed by atoms with Crippen LogP contribution < -0.4 is 5.32 Å². The van der Waals surface area contributed by atoms with E-state index in [9.17, 15) is 10.2 Å². The Bertz CT molecular complexity index is 478. The van der Waals surface area contributed by atoms with E-state index < -0.39 is 5.60 Å². The van der Waals surface area contributed by atoms with Crippen molar-refractivity contribution in [1.82, 2.24) is 5.32 Å². The van der Waals surface area contributed by atoms with Gasteiger partial charge in [-0.25, -0.2) is 0 Å². The molecule has 1 aromatic carbocycles. The van der Waals surface area contributed by atoms with Gasteiger partial charge in [0.15, 0.2) is 0 Å². The van der Waals surface area contributed by atoms with Crippen LogP contribution in [0.2, 0.25) is 0 Å². The van der Waals surface area contributed by atoms with Gasteiger partial charge in [0.1, 0.15) is 5.75 Å². The van der Waals surface area contributed by atoms with Gasteiger partial charge >= 0.3 is 0 Å². The predicted octanol–water partition coefficient (Wildman–Crippen LogP) is 2.91. The lowest BCUT2D eigenvalue weighted by Gasteiger charge is -2.36. The summed E-state index contributed by atoms with van der Waals surface area (Å²) in [5, 5.41) is 24.0. The molecule has 0 amide bonds. The lowest BCUT2D eigenvalue weighted by atomic mass is 9.79. The van der Waals surface area contributed by atoms with E-state index in [0.717, 1.165) is 50.0 Å². The molecule has 0 heterocycles. The van der Waals surface area contributed by atoms with Crippen molar-refractivity contribution in [1.29, 1.82) is 0 Å². The van der Waals surface area contributed by atoms with Gasteiger partial charge in [-0.05, 0) is 61.6 Å². The van der Waals surface area contributed by atoms with Crippen LogP contribution in [0.4, 0.5) is 0 Å². The van der Waals surface area contributed by atoms with Crippen LogP contribution in [0.15, 0.2) is 18.2 Å². The number of nitrogens with one attached hydrogen (secondary N) is 1. The first kappa shape index (κ1) is 13.9. The molecule has 0 bridgehead atoms. The molecule has 2 aliphatic carbocycles. The molecule has 0 radical (unpaired) electrons. The maximum absolute atomic E-state index is 10.6. The number of aromatic hydroxyl groups is 1. The molecule has 3 N–H and O–H groups in total. The van der Waals surface area contributed by atoms with Gasteiger partial charge in [0, 0.05) is 12.6 Å². The smallest absolute Gasteiger partial charge is 0.119 e. The van der Waals surface area contributed by atoms with E-state index >= 15 is 0 Å². The van der Waals surface area contributed by atoms with Crippen LogP contribution in [0.25, 0.3) is 0 Å². The molecule has 0 aromatic heterocycles. The number of rotatable bonds is 3. The van der Waals surface area contributed by atoms with Crippen molar-refractivity contribution in [3.8, 4) is 5.75 Å². The van der Waals surface area contributed by atoms with Crippen molar-refractivity contribution < 1.29 is 10.2 Å². The zero-order valence-corrected chi connectivity index (χ0v) is 12.2.